The van der Waals surface area contributed by atoms with Gasteiger partial charge in [0, 0.05) is 5.56 Å². The van der Waals surface area contributed by atoms with E-state index in [1.807, 2.05) is 28.8 Å². The van der Waals surface area contributed by atoms with Crippen molar-refractivity contribution >= 4 is 23.3 Å². The predicted molar refractivity (Wildman–Crippen MR) is 77.2 cm³/mol. The van der Waals surface area contributed by atoms with Gasteiger partial charge in [0.05, 0.1) is 17.1 Å². The normalized spacial score (nSPS) is 17.1. The highest BCUT2D eigenvalue weighted by Crippen LogP contribution is 2.36. The van der Waals surface area contributed by atoms with Crippen LogP contribution in [0.3, 0.4) is 0 Å². The van der Waals surface area contributed by atoms with Crippen molar-refractivity contribution in [2.45, 2.75) is 6.04 Å². The molecule has 4 rings (SSSR count). The largest absolute Gasteiger partial charge is 0.491 e. The first kappa shape index (κ1) is 11.7. The Hall–Kier alpha value is -2.14. The number of rotatable bonds is 1. The number of aromatic nitrogens is 2. The summed E-state index contributed by atoms with van der Waals surface area (Å²) >= 11 is 5.39. The SMILES string of the molecule is Fc1ccc2c(c1)[nH]c(=S)n2C1COc2ccccc21. The Balaban J connectivity index is 1.96. The number of ether oxygens (including phenoxy) is 1. The van der Waals surface area contributed by atoms with Crippen molar-refractivity contribution < 1.29 is 9.13 Å². The highest BCUT2D eigenvalue weighted by molar-refractivity contribution is 7.71. The summed E-state index contributed by atoms with van der Waals surface area (Å²) < 4.78 is 21.6. The monoisotopic (exact) mass is 286 g/mol. The lowest BCUT2D eigenvalue weighted by Gasteiger charge is -2.12. The second kappa shape index (κ2) is 4.18. The first-order valence-corrected chi connectivity index (χ1v) is 6.76. The number of nitrogens with zero attached hydrogens (tertiary/aromatic N) is 1. The average molecular weight is 286 g/mol. The molecule has 0 amide bonds. The fraction of sp³-hybridized carbons (Fsp3) is 0.133. The van der Waals surface area contributed by atoms with E-state index in [-0.39, 0.29) is 11.9 Å². The Morgan fingerprint density at radius 2 is 2.10 bits per heavy atom. The Kier molecular flexibility index (Phi) is 2.44. The number of benzene rings is 2. The molecule has 0 saturated heterocycles. The van der Waals surface area contributed by atoms with Gasteiger partial charge in [-0.15, -0.1) is 0 Å². The fourth-order valence-corrected chi connectivity index (χ4v) is 3.11. The molecular formula is C15H11FN2OS. The Morgan fingerprint density at radius 1 is 1.25 bits per heavy atom. The summed E-state index contributed by atoms with van der Waals surface area (Å²) in [4.78, 5) is 3.06. The van der Waals surface area contributed by atoms with E-state index in [0.717, 1.165) is 16.8 Å². The number of aromatic amines is 1. The standard InChI is InChI=1S/C15H11FN2OS/c16-9-5-6-12-11(7-9)17-15(20)18(12)13-8-19-14-4-2-1-3-10(13)14/h1-7,13H,8H2,(H,17,20). The molecule has 20 heavy (non-hydrogen) atoms. The minimum absolute atomic E-state index is 0.0258. The minimum Gasteiger partial charge on any atom is -0.491 e. The molecule has 2 aromatic carbocycles. The third-order valence-corrected chi connectivity index (χ3v) is 3.96. The van der Waals surface area contributed by atoms with Gasteiger partial charge in [0.2, 0.25) is 0 Å². The van der Waals surface area contributed by atoms with E-state index in [0.29, 0.717) is 16.9 Å². The van der Waals surface area contributed by atoms with Crippen molar-refractivity contribution in [2.24, 2.45) is 0 Å². The lowest BCUT2D eigenvalue weighted by Crippen LogP contribution is -2.12. The smallest absolute Gasteiger partial charge is 0.178 e. The van der Waals surface area contributed by atoms with E-state index < -0.39 is 0 Å². The van der Waals surface area contributed by atoms with Crippen LogP contribution in [0.25, 0.3) is 11.0 Å². The highest BCUT2D eigenvalue weighted by atomic mass is 32.1. The molecule has 0 spiro atoms. The Labute approximate surface area is 119 Å². The van der Waals surface area contributed by atoms with Crippen molar-refractivity contribution in [1.82, 2.24) is 9.55 Å². The molecule has 3 aromatic rings. The number of H-pyrrole nitrogens is 1. The number of hydrogen-bond donors (Lipinski definition) is 1. The molecule has 0 bridgehead atoms. The van der Waals surface area contributed by atoms with E-state index in [2.05, 4.69) is 4.98 Å². The molecule has 1 N–H and O–H groups in total. The van der Waals surface area contributed by atoms with Gasteiger partial charge in [0.1, 0.15) is 18.2 Å². The Morgan fingerprint density at radius 3 is 3.00 bits per heavy atom. The van der Waals surface area contributed by atoms with E-state index in [1.54, 1.807) is 6.07 Å². The zero-order valence-corrected chi connectivity index (χ0v) is 11.3. The van der Waals surface area contributed by atoms with Crippen molar-refractivity contribution in [3.8, 4) is 5.75 Å². The van der Waals surface area contributed by atoms with E-state index >= 15 is 0 Å². The number of imidazole rings is 1. The molecule has 1 aliphatic heterocycles. The molecule has 0 aliphatic carbocycles. The molecule has 0 fully saturated rings. The summed E-state index contributed by atoms with van der Waals surface area (Å²) in [6, 6.07) is 12.6. The topological polar surface area (TPSA) is 29.9 Å². The zero-order chi connectivity index (χ0) is 13.7. The van der Waals surface area contributed by atoms with Gasteiger partial charge in [-0.25, -0.2) is 4.39 Å². The zero-order valence-electron chi connectivity index (χ0n) is 10.5. The molecule has 100 valence electrons. The van der Waals surface area contributed by atoms with Crippen molar-refractivity contribution in [1.29, 1.82) is 0 Å². The van der Waals surface area contributed by atoms with Crippen LogP contribution in [0.15, 0.2) is 42.5 Å². The number of halogens is 1. The van der Waals surface area contributed by atoms with Gasteiger partial charge in [-0.05, 0) is 36.5 Å². The van der Waals surface area contributed by atoms with Crippen molar-refractivity contribution in [2.75, 3.05) is 6.61 Å². The van der Waals surface area contributed by atoms with E-state index in [9.17, 15) is 4.39 Å². The van der Waals surface area contributed by atoms with Crippen LogP contribution in [-0.2, 0) is 0 Å². The molecule has 0 saturated carbocycles. The first-order chi connectivity index (χ1) is 9.74. The van der Waals surface area contributed by atoms with Gasteiger partial charge in [-0.2, -0.15) is 0 Å². The number of para-hydroxylation sites is 1. The number of fused-ring (bicyclic) bond motifs is 2. The van der Waals surface area contributed by atoms with Crippen LogP contribution in [0.2, 0.25) is 0 Å². The lowest BCUT2D eigenvalue weighted by atomic mass is 10.1. The maximum absolute atomic E-state index is 13.3. The molecule has 1 aliphatic rings. The van der Waals surface area contributed by atoms with Gasteiger partial charge < -0.3 is 14.3 Å². The van der Waals surface area contributed by atoms with Crippen LogP contribution >= 0.6 is 12.2 Å². The first-order valence-electron chi connectivity index (χ1n) is 6.35. The van der Waals surface area contributed by atoms with Gasteiger partial charge in [0.15, 0.2) is 4.77 Å². The van der Waals surface area contributed by atoms with Crippen molar-refractivity contribution in [3.63, 3.8) is 0 Å². The fourth-order valence-electron chi connectivity index (χ4n) is 2.77. The van der Waals surface area contributed by atoms with Crippen LogP contribution in [0.1, 0.15) is 11.6 Å². The predicted octanol–water partition coefficient (Wildman–Crippen LogP) is 3.82. The molecule has 3 nitrogen and oxygen atoms in total. The maximum atomic E-state index is 13.3. The van der Waals surface area contributed by atoms with Gasteiger partial charge in [-0.3, -0.25) is 0 Å². The lowest BCUT2D eigenvalue weighted by molar-refractivity contribution is 0.318. The second-order valence-electron chi connectivity index (χ2n) is 4.83. The summed E-state index contributed by atoms with van der Waals surface area (Å²) in [5.74, 6) is 0.611. The molecule has 0 radical (unpaired) electrons. The quantitative estimate of drug-likeness (QED) is 0.689. The van der Waals surface area contributed by atoms with Crippen LogP contribution in [-0.4, -0.2) is 16.2 Å². The highest BCUT2D eigenvalue weighted by Gasteiger charge is 2.27. The summed E-state index contributed by atoms with van der Waals surface area (Å²) in [5.41, 5.74) is 2.70. The molecular weight excluding hydrogens is 275 g/mol. The summed E-state index contributed by atoms with van der Waals surface area (Å²) in [6.07, 6.45) is 0. The third kappa shape index (κ3) is 1.59. The second-order valence-corrected chi connectivity index (χ2v) is 5.21. The van der Waals surface area contributed by atoms with Crippen LogP contribution in [0, 0.1) is 10.6 Å². The van der Waals surface area contributed by atoms with Gasteiger partial charge >= 0.3 is 0 Å². The summed E-state index contributed by atoms with van der Waals surface area (Å²) in [6.45, 7) is 0.540. The van der Waals surface area contributed by atoms with E-state index in [4.69, 9.17) is 17.0 Å². The summed E-state index contributed by atoms with van der Waals surface area (Å²) in [7, 11) is 0. The number of hydrogen-bond acceptors (Lipinski definition) is 2. The third-order valence-electron chi connectivity index (χ3n) is 3.66. The molecule has 1 atom stereocenters. The van der Waals surface area contributed by atoms with E-state index in [1.165, 1.54) is 12.1 Å². The molecule has 5 heteroatoms. The van der Waals surface area contributed by atoms with Crippen LogP contribution in [0.5, 0.6) is 5.75 Å². The van der Waals surface area contributed by atoms with Crippen LogP contribution in [0.4, 0.5) is 4.39 Å². The Bertz CT molecular complexity index is 868. The van der Waals surface area contributed by atoms with Gasteiger partial charge in [-0.1, -0.05) is 18.2 Å². The molecule has 1 aromatic heterocycles. The average Bonchev–Trinajstić information content (AvgIpc) is 2.98. The molecule has 2 heterocycles. The van der Waals surface area contributed by atoms with Crippen molar-refractivity contribution in [3.05, 3.63) is 58.6 Å². The van der Waals surface area contributed by atoms with Crippen LogP contribution < -0.4 is 4.74 Å². The summed E-state index contributed by atoms with van der Waals surface area (Å²) in [5, 5.41) is 0. The van der Waals surface area contributed by atoms with Gasteiger partial charge in [0.25, 0.3) is 0 Å². The maximum Gasteiger partial charge on any atom is 0.178 e. The minimum atomic E-state index is -0.274. The molecule has 1 unspecified atom stereocenters. The number of nitrogens with one attached hydrogen (secondary N) is 1.